The van der Waals surface area contributed by atoms with Gasteiger partial charge < -0.3 is 4.74 Å². The Labute approximate surface area is 150 Å². The molecule has 130 valence electrons. The second-order valence-electron chi connectivity index (χ2n) is 6.01. The maximum Gasteiger partial charge on any atom is 0.139 e. The lowest BCUT2D eigenvalue weighted by atomic mass is 10.2. The van der Waals surface area contributed by atoms with E-state index in [1.807, 2.05) is 73.1 Å². The molecule has 1 aromatic heterocycles. The van der Waals surface area contributed by atoms with E-state index in [9.17, 15) is 4.21 Å². The zero-order chi connectivity index (χ0) is 17.6. The second-order valence-corrected chi connectivity index (χ2v) is 7.46. The Morgan fingerprint density at radius 3 is 2.56 bits per heavy atom. The SMILES string of the molecule is CC(C)n1ncnc1CS(=O)Cc1cccc(Oc2ccccc2)c1. The summed E-state index contributed by atoms with van der Waals surface area (Å²) in [5.74, 6) is 3.13. The lowest BCUT2D eigenvalue weighted by molar-refractivity contribution is 0.482. The van der Waals surface area contributed by atoms with Gasteiger partial charge in [-0.3, -0.25) is 4.21 Å². The minimum Gasteiger partial charge on any atom is -0.457 e. The largest absolute Gasteiger partial charge is 0.457 e. The molecule has 0 aliphatic rings. The summed E-state index contributed by atoms with van der Waals surface area (Å²) in [7, 11) is -1.06. The standard InChI is InChI=1S/C19H21N3O2S/c1-15(2)22-19(20-14-21-22)13-25(23)12-16-7-6-10-18(11-16)24-17-8-4-3-5-9-17/h3-11,14-15H,12-13H2,1-2H3. The number of ether oxygens (including phenoxy) is 1. The lowest BCUT2D eigenvalue weighted by Crippen LogP contribution is -2.11. The van der Waals surface area contributed by atoms with Gasteiger partial charge in [0.15, 0.2) is 0 Å². The lowest BCUT2D eigenvalue weighted by Gasteiger charge is -2.10. The fourth-order valence-electron chi connectivity index (χ4n) is 2.51. The Hall–Kier alpha value is -2.47. The maximum atomic E-state index is 12.5. The van der Waals surface area contributed by atoms with Crippen LogP contribution in [0.25, 0.3) is 0 Å². The highest BCUT2D eigenvalue weighted by Gasteiger charge is 2.12. The molecule has 0 spiro atoms. The average molecular weight is 355 g/mol. The summed E-state index contributed by atoms with van der Waals surface area (Å²) in [6.45, 7) is 4.07. The highest BCUT2D eigenvalue weighted by molar-refractivity contribution is 7.83. The molecule has 3 rings (SSSR count). The first-order chi connectivity index (χ1) is 12.1. The molecule has 5 nitrogen and oxygen atoms in total. The monoisotopic (exact) mass is 355 g/mol. The Morgan fingerprint density at radius 2 is 1.80 bits per heavy atom. The van der Waals surface area contributed by atoms with Gasteiger partial charge in [0, 0.05) is 22.6 Å². The summed E-state index contributed by atoms with van der Waals surface area (Å²) in [4.78, 5) is 4.23. The van der Waals surface area contributed by atoms with Crippen LogP contribution in [-0.4, -0.2) is 19.0 Å². The highest BCUT2D eigenvalue weighted by Crippen LogP contribution is 2.22. The van der Waals surface area contributed by atoms with E-state index < -0.39 is 10.8 Å². The van der Waals surface area contributed by atoms with Crippen LogP contribution in [0.4, 0.5) is 0 Å². The van der Waals surface area contributed by atoms with Gasteiger partial charge in [0.05, 0.1) is 5.75 Å². The van der Waals surface area contributed by atoms with E-state index in [2.05, 4.69) is 10.1 Å². The average Bonchev–Trinajstić information content (AvgIpc) is 3.04. The van der Waals surface area contributed by atoms with Crippen molar-refractivity contribution in [3.63, 3.8) is 0 Å². The number of para-hydroxylation sites is 1. The van der Waals surface area contributed by atoms with Crippen LogP contribution < -0.4 is 4.74 Å². The third-order valence-corrected chi connectivity index (χ3v) is 4.87. The van der Waals surface area contributed by atoms with E-state index in [0.717, 1.165) is 22.9 Å². The van der Waals surface area contributed by atoms with Crippen molar-refractivity contribution in [2.24, 2.45) is 0 Å². The predicted octanol–water partition coefficient (Wildman–Crippen LogP) is 4.10. The normalized spacial score (nSPS) is 12.3. The minimum absolute atomic E-state index is 0.206. The molecule has 0 N–H and O–H groups in total. The zero-order valence-corrected chi connectivity index (χ0v) is 15.1. The van der Waals surface area contributed by atoms with Gasteiger partial charge in [-0.2, -0.15) is 5.10 Å². The molecule has 0 bridgehead atoms. The van der Waals surface area contributed by atoms with Crippen LogP contribution in [0.15, 0.2) is 60.9 Å². The van der Waals surface area contributed by atoms with E-state index in [1.165, 1.54) is 6.33 Å². The van der Waals surface area contributed by atoms with Gasteiger partial charge in [-0.25, -0.2) is 9.67 Å². The first-order valence-electron chi connectivity index (χ1n) is 8.17. The fraction of sp³-hybridized carbons (Fsp3) is 0.263. The number of nitrogens with zero attached hydrogens (tertiary/aromatic N) is 3. The minimum atomic E-state index is -1.06. The van der Waals surface area contributed by atoms with Crippen LogP contribution in [0.2, 0.25) is 0 Å². The van der Waals surface area contributed by atoms with Gasteiger partial charge in [0.2, 0.25) is 0 Å². The van der Waals surface area contributed by atoms with Crippen LogP contribution in [0.3, 0.4) is 0 Å². The molecule has 0 aliphatic heterocycles. The summed E-state index contributed by atoms with van der Waals surface area (Å²) in [5.41, 5.74) is 0.974. The van der Waals surface area contributed by atoms with Crippen molar-refractivity contribution in [2.45, 2.75) is 31.4 Å². The third-order valence-electron chi connectivity index (χ3n) is 3.63. The molecule has 6 heteroatoms. The van der Waals surface area contributed by atoms with Crippen LogP contribution in [0.5, 0.6) is 11.5 Å². The molecule has 1 atom stereocenters. The van der Waals surface area contributed by atoms with Crippen molar-refractivity contribution >= 4 is 10.8 Å². The van der Waals surface area contributed by atoms with Crippen molar-refractivity contribution in [3.8, 4) is 11.5 Å². The van der Waals surface area contributed by atoms with E-state index in [1.54, 1.807) is 0 Å². The second kappa shape index (κ2) is 8.07. The van der Waals surface area contributed by atoms with Crippen molar-refractivity contribution < 1.29 is 8.95 Å². The first kappa shape index (κ1) is 17.4. The van der Waals surface area contributed by atoms with Crippen molar-refractivity contribution in [1.82, 2.24) is 14.8 Å². The summed E-state index contributed by atoms with van der Waals surface area (Å²) in [6.07, 6.45) is 1.51. The number of rotatable bonds is 7. The number of benzene rings is 2. The molecular weight excluding hydrogens is 334 g/mol. The van der Waals surface area contributed by atoms with Crippen LogP contribution in [0.1, 0.15) is 31.3 Å². The van der Waals surface area contributed by atoms with Gasteiger partial charge in [-0.05, 0) is 43.7 Å². The smallest absolute Gasteiger partial charge is 0.139 e. The molecule has 1 unspecified atom stereocenters. The van der Waals surface area contributed by atoms with E-state index in [4.69, 9.17) is 4.74 Å². The molecule has 3 aromatic rings. The van der Waals surface area contributed by atoms with Crippen LogP contribution >= 0.6 is 0 Å². The molecular formula is C19H21N3O2S. The summed E-state index contributed by atoms with van der Waals surface area (Å²) in [6, 6.07) is 17.5. The van der Waals surface area contributed by atoms with Crippen LogP contribution in [0, 0.1) is 0 Å². The van der Waals surface area contributed by atoms with Crippen molar-refractivity contribution in [2.75, 3.05) is 0 Å². The van der Waals surface area contributed by atoms with Gasteiger partial charge in [0.25, 0.3) is 0 Å². The number of hydrogen-bond donors (Lipinski definition) is 0. The van der Waals surface area contributed by atoms with Crippen molar-refractivity contribution in [1.29, 1.82) is 0 Å². The van der Waals surface area contributed by atoms with E-state index in [-0.39, 0.29) is 6.04 Å². The Kier molecular flexibility index (Phi) is 5.60. The number of aromatic nitrogens is 3. The topological polar surface area (TPSA) is 57.0 Å². The highest BCUT2D eigenvalue weighted by atomic mass is 32.2. The summed E-state index contributed by atoms with van der Waals surface area (Å²) < 4.78 is 20.2. The quantitative estimate of drug-likeness (QED) is 0.640. The first-order valence-corrected chi connectivity index (χ1v) is 9.66. The van der Waals surface area contributed by atoms with Crippen LogP contribution in [-0.2, 0) is 22.3 Å². The molecule has 0 aliphatic carbocycles. The van der Waals surface area contributed by atoms with Gasteiger partial charge in [-0.1, -0.05) is 30.3 Å². The fourth-order valence-corrected chi connectivity index (χ4v) is 3.66. The van der Waals surface area contributed by atoms with Gasteiger partial charge in [0.1, 0.15) is 23.7 Å². The van der Waals surface area contributed by atoms with E-state index in [0.29, 0.717) is 11.5 Å². The molecule has 0 saturated carbocycles. The third kappa shape index (κ3) is 4.76. The van der Waals surface area contributed by atoms with E-state index >= 15 is 0 Å². The zero-order valence-electron chi connectivity index (χ0n) is 14.3. The Morgan fingerprint density at radius 1 is 1.04 bits per heavy atom. The summed E-state index contributed by atoms with van der Waals surface area (Å²) >= 11 is 0. The molecule has 0 amide bonds. The molecule has 0 fully saturated rings. The maximum absolute atomic E-state index is 12.5. The number of hydrogen-bond acceptors (Lipinski definition) is 4. The molecule has 2 aromatic carbocycles. The predicted molar refractivity (Wildman–Crippen MR) is 98.9 cm³/mol. The van der Waals surface area contributed by atoms with Crippen molar-refractivity contribution in [3.05, 3.63) is 72.3 Å². The Bertz CT molecular complexity index is 847. The molecule has 1 heterocycles. The molecule has 25 heavy (non-hydrogen) atoms. The van der Waals surface area contributed by atoms with Gasteiger partial charge in [-0.15, -0.1) is 0 Å². The Balaban J connectivity index is 1.65. The van der Waals surface area contributed by atoms with Gasteiger partial charge >= 0.3 is 0 Å². The summed E-state index contributed by atoms with van der Waals surface area (Å²) in [5, 5.41) is 4.19. The molecule has 0 saturated heterocycles. The molecule has 0 radical (unpaired) electrons.